The minimum absolute atomic E-state index is 0.596. The molecule has 0 N–H and O–H groups in total. The normalized spacial score (nSPS) is 11.3. The van der Waals surface area contributed by atoms with Crippen LogP contribution in [0.5, 0.6) is 5.75 Å². The van der Waals surface area contributed by atoms with Gasteiger partial charge in [0.05, 0.1) is 10.2 Å². The van der Waals surface area contributed by atoms with Crippen molar-refractivity contribution in [1.82, 2.24) is 4.98 Å². The van der Waals surface area contributed by atoms with Crippen LogP contribution in [0.15, 0.2) is 89.3 Å². The van der Waals surface area contributed by atoms with Gasteiger partial charge >= 0.3 is 0 Å². The maximum atomic E-state index is 5.83. The van der Waals surface area contributed by atoms with Gasteiger partial charge in [-0.25, -0.2) is 4.98 Å². The lowest BCUT2D eigenvalue weighted by atomic mass is 10.2. The smallest absolute Gasteiger partial charge is 0.151 e. The van der Waals surface area contributed by atoms with Gasteiger partial charge in [-0.1, -0.05) is 78.5 Å². The van der Waals surface area contributed by atoms with Crippen molar-refractivity contribution in [1.29, 1.82) is 0 Å². The Morgan fingerprint density at radius 2 is 1.68 bits per heavy atom. The number of para-hydroxylation sites is 1. The number of aromatic nitrogens is 1. The quantitative estimate of drug-likeness (QED) is 0.232. The van der Waals surface area contributed by atoms with Gasteiger partial charge in [0.1, 0.15) is 12.4 Å². The molecule has 0 radical (unpaired) electrons. The Hall–Kier alpha value is -2.56. The third-order valence-corrected chi connectivity index (χ3v) is 6.44. The first kappa shape index (κ1) is 18.8. The molecule has 0 fully saturated rings. The van der Waals surface area contributed by atoms with E-state index in [-0.39, 0.29) is 0 Å². The summed E-state index contributed by atoms with van der Waals surface area (Å²) in [6, 6.07) is 26.8. The first-order valence-electron chi connectivity index (χ1n) is 9.28. The van der Waals surface area contributed by atoms with Crippen LogP contribution in [0, 0.1) is 0 Å². The third kappa shape index (κ3) is 5.24. The molecule has 0 atom stereocenters. The van der Waals surface area contributed by atoms with Gasteiger partial charge in [-0.05, 0) is 41.8 Å². The van der Waals surface area contributed by atoms with Gasteiger partial charge in [0, 0.05) is 5.75 Å². The van der Waals surface area contributed by atoms with Crippen LogP contribution in [-0.2, 0) is 6.61 Å². The summed E-state index contributed by atoms with van der Waals surface area (Å²) in [7, 11) is 0. The van der Waals surface area contributed by atoms with Crippen LogP contribution in [0.25, 0.3) is 16.3 Å². The van der Waals surface area contributed by atoms with E-state index in [9.17, 15) is 0 Å². The summed E-state index contributed by atoms with van der Waals surface area (Å²) in [5.74, 6) is 1.93. The topological polar surface area (TPSA) is 22.1 Å². The Morgan fingerprint density at radius 3 is 2.50 bits per heavy atom. The second-order valence-corrected chi connectivity index (χ2v) is 8.70. The van der Waals surface area contributed by atoms with Crippen LogP contribution >= 0.6 is 23.1 Å². The largest absolute Gasteiger partial charge is 0.489 e. The van der Waals surface area contributed by atoms with Crippen molar-refractivity contribution in [2.45, 2.75) is 17.4 Å². The Morgan fingerprint density at radius 1 is 0.893 bits per heavy atom. The second-order valence-electron chi connectivity index (χ2n) is 6.33. The molecule has 1 aromatic heterocycles. The molecule has 0 aliphatic rings. The van der Waals surface area contributed by atoms with Crippen LogP contribution in [0.4, 0.5) is 0 Å². The minimum atomic E-state index is 0.596. The molecule has 4 heteroatoms. The Kier molecular flexibility index (Phi) is 6.43. The molecule has 140 valence electrons. The van der Waals surface area contributed by atoms with Crippen molar-refractivity contribution in [3.63, 3.8) is 0 Å². The molecular weight excluding hydrogens is 382 g/mol. The van der Waals surface area contributed by atoms with Gasteiger partial charge < -0.3 is 4.74 Å². The van der Waals surface area contributed by atoms with E-state index in [0.29, 0.717) is 6.61 Å². The SMILES string of the molecule is C(=C\c1ccc(OCc2ccccc2)cc1)/CCSc1nc2ccccc2s1. The zero-order valence-electron chi connectivity index (χ0n) is 15.5. The lowest BCUT2D eigenvalue weighted by molar-refractivity contribution is 0.306. The lowest BCUT2D eigenvalue weighted by Crippen LogP contribution is -1.94. The van der Waals surface area contributed by atoms with E-state index in [1.807, 2.05) is 48.2 Å². The molecule has 0 saturated heterocycles. The van der Waals surface area contributed by atoms with Crippen molar-refractivity contribution in [3.8, 4) is 5.75 Å². The molecule has 0 aliphatic heterocycles. The molecule has 4 rings (SSSR count). The number of hydrogen-bond donors (Lipinski definition) is 0. The van der Waals surface area contributed by atoms with Gasteiger partial charge in [0.15, 0.2) is 4.34 Å². The number of benzene rings is 3. The van der Waals surface area contributed by atoms with Crippen LogP contribution in [0.3, 0.4) is 0 Å². The molecular formula is C24H21NOS2. The van der Waals surface area contributed by atoms with Crippen LogP contribution < -0.4 is 4.74 Å². The molecule has 3 aromatic carbocycles. The van der Waals surface area contributed by atoms with Gasteiger partial charge in [-0.3, -0.25) is 0 Å². The molecule has 0 aliphatic carbocycles. The highest BCUT2D eigenvalue weighted by molar-refractivity contribution is 8.01. The third-order valence-electron chi connectivity index (χ3n) is 4.22. The maximum Gasteiger partial charge on any atom is 0.151 e. The highest BCUT2D eigenvalue weighted by Gasteiger charge is 2.02. The van der Waals surface area contributed by atoms with Crippen LogP contribution in [0.1, 0.15) is 17.5 Å². The molecule has 1 heterocycles. The molecule has 0 spiro atoms. The first-order valence-corrected chi connectivity index (χ1v) is 11.1. The standard InChI is InChI=1S/C24H21NOS2/c1-2-9-20(10-3-1)18-26-21-15-13-19(14-16-21)8-6-7-17-27-24-25-22-11-4-5-12-23(22)28-24/h1-6,8-16H,7,17-18H2/b8-6+. The Balaban J connectivity index is 1.22. The van der Waals surface area contributed by atoms with E-state index in [2.05, 4.69) is 59.6 Å². The second kappa shape index (κ2) is 9.58. The summed E-state index contributed by atoms with van der Waals surface area (Å²) in [5, 5.41) is 0. The Bertz CT molecular complexity index is 1010. The van der Waals surface area contributed by atoms with E-state index in [1.165, 1.54) is 15.8 Å². The van der Waals surface area contributed by atoms with Crippen molar-refractivity contribution < 1.29 is 4.74 Å². The Labute approximate surface area is 173 Å². The lowest BCUT2D eigenvalue weighted by Gasteiger charge is -2.06. The number of allylic oxidation sites excluding steroid dienone is 1. The molecule has 28 heavy (non-hydrogen) atoms. The number of rotatable bonds is 8. The highest BCUT2D eigenvalue weighted by atomic mass is 32.2. The molecule has 4 aromatic rings. The zero-order chi connectivity index (χ0) is 19.0. The molecule has 0 bridgehead atoms. The fourth-order valence-electron chi connectivity index (χ4n) is 2.76. The molecule has 2 nitrogen and oxygen atoms in total. The predicted octanol–water partition coefficient (Wildman–Crippen LogP) is 7.07. The van der Waals surface area contributed by atoms with Gasteiger partial charge in [-0.2, -0.15) is 0 Å². The first-order chi connectivity index (χ1) is 13.9. The number of hydrogen-bond acceptors (Lipinski definition) is 4. The number of nitrogens with zero attached hydrogens (tertiary/aromatic N) is 1. The van der Waals surface area contributed by atoms with Crippen molar-refractivity contribution >= 4 is 39.4 Å². The fraction of sp³-hybridized carbons (Fsp3) is 0.125. The summed E-state index contributed by atoms with van der Waals surface area (Å²) in [5.41, 5.74) is 3.47. The van der Waals surface area contributed by atoms with Crippen molar-refractivity contribution in [2.75, 3.05) is 5.75 Å². The summed E-state index contributed by atoms with van der Waals surface area (Å²) in [4.78, 5) is 4.66. The molecule has 0 unspecified atom stereocenters. The van der Waals surface area contributed by atoms with Gasteiger partial charge in [0.25, 0.3) is 0 Å². The average molecular weight is 404 g/mol. The maximum absolute atomic E-state index is 5.83. The summed E-state index contributed by atoms with van der Waals surface area (Å²) < 4.78 is 8.24. The molecule has 0 saturated carbocycles. The molecule has 0 amide bonds. The van der Waals surface area contributed by atoms with Crippen LogP contribution in [0.2, 0.25) is 0 Å². The number of fused-ring (bicyclic) bond motifs is 1. The predicted molar refractivity (Wildman–Crippen MR) is 121 cm³/mol. The number of thiazole rings is 1. The van der Waals surface area contributed by atoms with Gasteiger partial charge in [-0.15, -0.1) is 11.3 Å². The highest BCUT2D eigenvalue weighted by Crippen LogP contribution is 2.29. The van der Waals surface area contributed by atoms with E-state index in [1.54, 1.807) is 11.3 Å². The van der Waals surface area contributed by atoms with Crippen molar-refractivity contribution in [3.05, 3.63) is 96.1 Å². The van der Waals surface area contributed by atoms with Gasteiger partial charge in [0.2, 0.25) is 0 Å². The zero-order valence-corrected chi connectivity index (χ0v) is 17.1. The summed E-state index contributed by atoms with van der Waals surface area (Å²) in [6.45, 7) is 0.596. The van der Waals surface area contributed by atoms with Crippen molar-refractivity contribution in [2.24, 2.45) is 0 Å². The monoisotopic (exact) mass is 403 g/mol. The minimum Gasteiger partial charge on any atom is -0.489 e. The summed E-state index contributed by atoms with van der Waals surface area (Å²) >= 11 is 3.59. The number of thioether (sulfide) groups is 1. The summed E-state index contributed by atoms with van der Waals surface area (Å²) in [6.07, 6.45) is 5.41. The average Bonchev–Trinajstić information content (AvgIpc) is 3.16. The fourth-order valence-corrected chi connectivity index (χ4v) is 4.81. The van der Waals surface area contributed by atoms with E-state index >= 15 is 0 Å². The van der Waals surface area contributed by atoms with Crippen LogP contribution in [-0.4, -0.2) is 10.7 Å². The van der Waals surface area contributed by atoms with E-state index < -0.39 is 0 Å². The van der Waals surface area contributed by atoms with E-state index in [0.717, 1.165) is 27.8 Å². The van der Waals surface area contributed by atoms with E-state index in [4.69, 9.17) is 4.74 Å². The number of ether oxygens (including phenoxy) is 1.